The highest BCUT2D eigenvalue weighted by Gasteiger charge is 2.16. The zero-order chi connectivity index (χ0) is 23.2. The van der Waals surface area contributed by atoms with Crippen molar-refractivity contribution in [2.75, 3.05) is 17.2 Å². The number of anilines is 2. The van der Waals surface area contributed by atoms with Crippen LogP contribution in [0.5, 0.6) is 17.2 Å². The molecule has 0 aromatic heterocycles. The molecule has 2 rings (SSSR count). The Morgan fingerprint density at radius 3 is 1.94 bits per heavy atom. The molecule has 0 aliphatic rings. The van der Waals surface area contributed by atoms with E-state index in [1.54, 1.807) is 45.0 Å². The summed E-state index contributed by atoms with van der Waals surface area (Å²) < 4.78 is 5.08. The second-order valence-electron chi connectivity index (χ2n) is 7.62. The van der Waals surface area contributed by atoms with E-state index < -0.39 is 34.9 Å². The highest BCUT2D eigenvalue weighted by molar-refractivity contribution is 6.05. The third kappa shape index (κ3) is 7.42. The Morgan fingerprint density at radius 2 is 1.42 bits per heavy atom. The van der Waals surface area contributed by atoms with E-state index in [2.05, 4.69) is 16.0 Å². The molecular weight excluding hydrogens is 406 g/mol. The van der Waals surface area contributed by atoms with E-state index in [1.807, 2.05) is 0 Å². The summed E-state index contributed by atoms with van der Waals surface area (Å²) in [5.41, 5.74) is 0.219. The number of ether oxygens (including phenoxy) is 1. The molecule has 0 bridgehead atoms. The number of nitrogens with one attached hydrogen (secondary N) is 3. The van der Waals surface area contributed by atoms with E-state index in [9.17, 15) is 29.7 Å². The number of alkyl carbamates (subject to hydrolysis) is 1. The van der Waals surface area contributed by atoms with Gasteiger partial charge in [-0.1, -0.05) is 0 Å². The number of hydrogen-bond donors (Lipinski definition) is 6. The van der Waals surface area contributed by atoms with Gasteiger partial charge in [0.2, 0.25) is 5.91 Å². The van der Waals surface area contributed by atoms with Gasteiger partial charge >= 0.3 is 6.09 Å². The first-order valence-corrected chi connectivity index (χ1v) is 9.37. The summed E-state index contributed by atoms with van der Waals surface area (Å²) in [4.78, 5) is 35.7. The molecule has 31 heavy (non-hydrogen) atoms. The van der Waals surface area contributed by atoms with Crippen molar-refractivity contribution in [1.29, 1.82) is 0 Å². The third-order valence-electron chi connectivity index (χ3n) is 3.78. The van der Waals surface area contributed by atoms with Crippen LogP contribution in [0.15, 0.2) is 36.4 Å². The quantitative estimate of drug-likeness (QED) is 0.384. The van der Waals surface area contributed by atoms with Crippen molar-refractivity contribution in [3.63, 3.8) is 0 Å². The van der Waals surface area contributed by atoms with Crippen LogP contribution < -0.4 is 16.0 Å². The van der Waals surface area contributed by atoms with Crippen LogP contribution in [0.3, 0.4) is 0 Å². The predicted octanol–water partition coefficient (Wildman–Crippen LogP) is 2.91. The molecule has 0 saturated heterocycles. The Kier molecular flexibility index (Phi) is 7.30. The van der Waals surface area contributed by atoms with Gasteiger partial charge in [-0.2, -0.15) is 0 Å². The molecule has 0 spiro atoms. The number of benzene rings is 2. The molecule has 10 nitrogen and oxygen atoms in total. The number of aromatic hydroxyl groups is 3. The van der Waals surface area contributed by atoms with E-state index in [1.165, 1.54) is 0 Å². The van der Waals surface area contributed by atoms with E-state index in [4.69, 9.17) is 4.74 Å². The number of hydrogen-bond acceptors (Lipinski definition) is 7. The zero-order valence-corrected chi connectivity index (χ0v) is 17.4. The maximum atomic E-state index is 12.2. The van der Waals surface area contributed by atoms with Crippen molar-refractivity contribution in [3.8, 4) is 17.2 Å². The Labute approximate surface area is 178 Å². The third-order valence-corrected chi connectivity index (χ3v) is 3.78. The predicted molar refractivity (Wildman–Crippen MR) is 113 cm³/mol. The number of phenols is 3. The first-order valence-electron chi connectivity index (χ1n) is 9.37. The van der Waals surface area contributed by atoms with Crippen molar-refractivity contribution >= 4 is 29.3 Å². The minimum Gasteiger partial charge on any atom is -0.504 e. The topological polar surface area (TPSA) is 157 Å². The van der Waals surface area contributed by atoms with Gasteiger partial charge in [-0.15, -0.1) is 0 Å². The average molecular weight is 431 g/mol. The van der Waals surface area contributed by atoms with Crippen LogP contribution >= 0.6 is 0 Å². The van der Waals surface area contributed by atoms with Gasteiger partial charge in [-0.3, -0.25) is 9.59 Å². The number of amides is 3. The van der Waals surface area contributed by atoms with E-state index >= 15 is 0 Å². The first kappa shape index (κ1) is 23.3. The second-order valence-corrected chi connectivity index (χ2v) is 7.62. The molecule has 166 valence electrons. The number of phenolic OH excluding ortho intramolecular Hbond substituents is 3. The second kappa shape index (κ2) is 9.70. The Balaban J connectivity index is 1.84. The molecule has 0 heterocycles. The largest absolute Gasteiger partial charge is 0.504 e. The summed E-state index contributed by atoms with van der Waals surface area (Å²) in [5.74, 6) is -2.88. The van der Waals surface area contributed by atoms with E-state index in [-0.39, 0.29) is 24.4 Å². The van der Waals surface area contributed by atoms with Gasteiger partial charge in [0.05, 0.1) is 0 Å². The first-order chi connectivity index (χ1) is 14.4. The van der Waals surface area contributed by atoms with Gasteiger partial charge in [0.1, 0.15) is 5.60 Å². The Hall–Kier alpha value is -3.95. The molecule has 2 aromatic rings. The van der Waals surface area contributed by atoms with Gasteiger partial charge < -0.3 is 36.0 Å². The molecule has 0 fully saturated rings. The van der Waals surface area contributed by atoms with Crippen LogP contribution in [0.1, 0.15) is 37.6 Å². The van der Waals surface area contributed by atoms with Gasteiger partial charge in [0.15, 0.2) is 17.2 Å². The van der Waals surface area contributed by atoms with Crippen LogP contribution in [0.4, 0.5) is 16.2 Å². The molecule has 0 atom stereocenters. The lowest BCUT2D eigenvalue weighted by Crippen LogP contribution is -2.34. The lowest BCUT2D eigenvalue weighted by Gasteiger charge is -2.19. The Morgan fingerprint density at radius 1 is 0.903 bits per heavy atom. The molecule has 0 unspecified atom stereocenters. The van der Waals surface area contributed by atoms with Gasteiger partial charge in [0.25, 0.3) is 5.91 Å². The summed E-state index contributed by atoms with van der Waals surface area (Å²) in [6.07, 6.45) is -0.554. The monoisotopic (exact) mass is 431 g/mol. The highest BCUT2D eigenvalue weighted by atomic mass is 16.6. The van der Waals surface area contributed by atoms with Gasteiger partial charge in [-0.25, -0.2) is 4.79 Å². The van der Waals surface area contributed by atoms with Gasteiger partial charge in [-0.05, 0) is 57.2 Å². The average Bonchev–Trinajstić information content (AvgIpc) is 2.65. The molecule has 6 N–H and O–H groups in total. The maximum absolute atomic E-state index is 12.2. The van der Waals surface area contributed by atoms with E-state index in [0.29, 0.717) is 11.4 Å². The van der Waals surface area contributed by atoms with Crippen molar-refractivity contribution in [3.05, 3.63) is 42.0 Å². The SMILES string of the molecule is CC(C)(C)OC(=O)NCCC(=O)Nc1ccc(NC(=O)c2cc(O)c(O)c(O)c2)cc1. The smallest absolute Gasteiger partial charge is 0.407 e. The van der Waals surface area contributed by atoms with Crippen LogP contribution in [0.2, 0.25) is 0 Å². The summed E-state index contributed by atoms with van der Waals surface area (Å²) in [5, 5.41) is 36.0. The number of rotatable bonds is 6. The fraction of sp³-hybridized carbons (Fsp3) is 0.286. The minimum atomic E-state index is -0.710. The normalized spacial score (nSPS) is 10.8. The van der Waals surface area contributed by atoms with Crippen LogP contribution in [0, 0.1) is 0 Å². The fourth-order valence-corrected chi connectivity index (χ4v) is 2.39. The molecule has 0 radical (unpaired) electrons. The van der Waals surface area contributed by atoms with Gasteiger partial charge in [0, 0.05) is 29.9 Å². The number of carbonyl (C=O) groups is 3. The van der Waals surface area contributed by atoms with Crippen molar-refractivity contribution in [2.24, 2.45) is 0 Å². The molecule has 10 heteroatoms. The molecule has 3 amide bonds. The van der Waals surface area contributed by atoms with Crippen molar-refractivity contribution < 1.29 is 34.4 Å². The number of carbonyl (C=O) groups excluding carboxylic acids is 3. The lowest BCUT2D eigenvalue weighted by atomic mass is 10.1. The van der Waals surface area contributed by atoms with Crippen LogP contribution in [-0.4, -0.2) is 45.4 Å². The van der Waals surface area contributed by atoms with E-state index in [0.717, 1.165) is 12.1 Å². The van der Waals surface area contributed by atoms with Crippen molar-refractivity contribution in [2.45, 2.75) is 32.8 Å². The van der Waals surface area contributed by atoms with Crippen LogP contribution in [-0.2, 0) is 9.53 Å². The van der Waals surface area contributed by atoms with Crippen molar-refractivity contribution in [1.82, 2.24) is 5.32 Å². The molecule has 2 aromatic carbocycles. The molecule has 0 aliphatic carbocycles. The molecular formula is C21H25N3O7. The zero-order valence-electron chi connectivity index (χ0n) is 17.4. The Bertz CT molecular complexity index is 943. The summed E-state index contributed by atoms with van der Waals surface area (Å²) in [7, 11) is 0. The summed E-state index contributed by atoms with van der Waals surface area (Å²) in [6, 6.07) is 8.27. The molecule has 0 saturated carbocycles. The standard InChI is InChI=1S/C21H25N3O7/c1-21(2,3)31-20(30)22-9-8-17(27)23-13-4-6-14(7-5-13)24-19(29)12-10-15(25)18(28)16(26)11-12/h4-7,10-11,25-26,28H,8-9H2,1-3H3,(H,22,30)(H,23,27)(H,24,29). The fourth-order valence-electron chi connectivity index (χ4n) is 2.39. The summed E-state index contributed by atoms with van der Waals surface area (Å²) in [6.45, 7) is 5.33. The highest BCUT2D eigenvalue weighted by Crippen LogP contribution is 2.35. The minimum absolute atomic E-state index is 0.0472. The van der Waals surface area contributed by atoms with Crippen LogP contribution in [0.25, 0.3) is 0 Å². The lowest BCUT2D eigenvalue weighted by molar-refractivity contribution is -0.116. The molecule has 0 aliphatic heterocycles. The maximum Gasteiger partial charge on any atom is 0.407 e. The summed E-state index contributed by atoms with van der Waals surface area (Å²) >= 11 is 0.